The maximum atomic E-state index is 6.63. The van der Waals surface area contributed by atoms with Gasteiger partial charge in [0.05, 0.1) is 5.69 Å². The highest BCUT2D eigenvalue weighted by molar-refractivity contribution is 5.12. The molecule has 4 aliphatic rings. The Morgan fingerprint density at radius 1 is 1.10 bits per heavy atom. The van der Waals surface area contributed by atoms with Crippen LogP contribution in [0.1, 0.15) is 49.3 Å². The van der Waals surface area contributed by atoms with Gasteiger partial charge in [-0.05, 0) is 75.5 Å². The molecule has 3 nitrogen and oxygen atoms in total. The first-order valence-corrected chi connectivity index (χ1v) is 8.37. The molecule has 4 bridgehead atoms. The van der Waals surface area contributed by atoms with Crippen molar-refractivity contribution >= 4 is 0 Å². The van der Waals surface area contributed by atoms with Gasteiger partial charge in [0.25, 0.3) is 0 Å². The number of rotatable bonds is 3. The number of hydrogen-bond donors (Lipinski definition) is 2. The summed E-state index contributed by atoms with van der Waals surface area (Å²) in [6, 6.07) is 0.301. The first-order valence-electron chi connectivity index (χ1n) is 8.37. The van der Waals surface area contributed by atoms with Crippen molar-refractivity contribution < 1.29 is 0 Å². The van der Waals surface area contributed by atoms with Crippen molar-refractivity contribution in [1.82, 2.24) is 9.97 Å². The van der Waals surface area contributed by atoms with E-state index in [4.69, 9.17) is 5.73 Å². The zero-order valence-corrected chi connectivity index (χ0v) is 12.7. The fourth-order valence-corrected chi connectivity index (χ4v) is 5.74. The first kappa shape index (κ1) is 12.9. The van der Waals surface area contributed by atoms with Gasteiger partial charge in [0.2, 0.25) is 0 Å². The molecule has 0 amide bonds. The average Bonchev–Trinajstić information content (AvgIpc) is 2.66. The van der Waals surface area contributed by atoms with E-state index in [9.17, 15) is 0 Å². The summed E-state index contributed by atoms with van der Waals surface area (Å²) in [7, 11) is 0. The molecule has 0 saturated heterocycles. The molecule has 1 unspecified atom stereocenters. The zero-order valence-electron chi connectivity index (χ0n) is 12.7. The molecule has 0 radical (unpaired) electrons. The van der Waals surface area contributed by atoms with Gasteiger partial charge in [-0.15, -0.1) is 0 Å². The summed E-state index contributed by atoms with van der Waals surface area (Å²) in [4.78, 5) is 8.03. The first-order chi connectivity index (χ1) is 9.60. The smallest absolute Gasteiger partial charge is 0.108 e. The Bertz CT molecular complexity index is 457. The van der Waals surface area contributed by atoms with Crippen LogP contribution in [0.4, 0.5) is 0 Å². The van der Waals surface area contributed by atoms with Crippen molar-refractivity contribution in [2.45, 2.75) is 58.4 Å². The van der Waals surface area contributed by atoms with E-state index in [2.05, 4.69) is 23.8 Å². The van der Waals surface area contributed by atoms with Crippen molar-refractivity contribution in [1.29, 1.82) is 0 Å². The molecule has 110 valence electrons. The zero-order chi connectivity index (χ0) is 13.9. The minimum absolute atomic E-state index is 0.301. The lowest BCUT2D eigenvalue weighted by atomic mass is 9.50. The predicted octanol–water partition coefficient (Wildman–Crippen LogP) is 2.97. The second-order valence-corrected chi connectivity index (χ2v) is 7.77. The van der Waals surface area contributed by atoms with Crippen molar-refractivity contribution in [3.05, 3.63) is 17.2 Å². The van der Waals surface area contributed by atoms with E-state index in [1.807, 2.05) is 0 Å². The van der Waals surface area contributed by atoms with Crippen LogP contribution < -0.4 is 5.73 Å². The molecule has 0 aromatic carbocycles. The van der Waals surface area contributed by atoms with E-state index in [1.165, 1.54) is 37.8 Å². The van der Waals surface area contributed by atoms with Crippen LogP contribution in [-0.2, 0) is 6.42 Å². The Labute approximate surface area is 121 Å². The molecule has 1 atom stereocenters. The molecule has 0 spiro atoms. The summed E-state index contributed by atoms with van der Waals surface area (Å²) in [5, 5.41) is 0. The van der Waals surface area contributed by atoms with Crippen molar-refractivity contribution in [3.8, 4) is 0 Å². The number of hydrogen-bond acceptors (Lipinski definition) is 2. The highest BCUT2D eigenvalue weighted by atomic mass is 14.9. The number of H-pyrrole nitrogens is 1. The summed E-state index contributed by atoms with van der Waals surface area (Å²) in [5.74, 6) is 5.76. The summed E-state index contributed by atoms with van der Waals surface area (Å²) < 4.78 is 0. The molecule has 3 N–H and O–H groups in total. The summed E-state index contributed by atoms with van der Waals surface area (Å²) in [6.45, 7) is 4.17. The van der Waals surface area contributed by atoms with E-state index >= 15 is 0 Å². The lowest BCUT2D eigenvalue weighted by Gasteiger charge is -2.56. The van der Waals surface area contributed by atoms with Gasteiger partial charge >= 0.3 is 0 Å². The van der Waals surface area contributed by atoms with E-state index in [0.29, 0.717) is 6.04 Å². The summed E-state index contributed by atoms with van der Waals surface area (Å²) >= 11 is 0. The molecule has 0 aliphatic heterocycles. The van der Waals surface area contributed by atoms with Crippen molar-refractivity contribution in [3.63, 3.8) is 0 Å². The van der Waals surface area contributed by atoms with Crippen molar-refractivity contribution in [2.75, 3.05) is 0 Å². The Morgan fingerprint density at radius 2 is 1.70 bits per heavy atom. The van der Waals surface area contributed by atoms with Gasteiger partial charge in [-0.3, -0.25) is 0 Å². The minimum atomic E-state index is 0.301. The maximum Gasteiger partial charge on any atom is 0.108 e. The largest absolute Gasteiger partial charge is 0.346 e. The number of aromatic amines is 1. The Balaban J connectivity index is 1.49. The average molecular weight is 273 g/mol. The molecule has 5 rings (SSSR count). The molecule has 4 aliphatic carbocycles. The standard InChI is InChI=1S/C17H27N3/c1-9-10(2)20-16(19-9)8-15(18)17-13-4-11-3-12(6-13)7-14(17)5-11/h11-15,17H,3-8,18H2,1-2H3,(H,19,20). The third-order valence-electron chi connectivity index (χ3n) is 6.40. The number of nitrogens with one attached hydrogen (secondary N) is 1. The van der Waals surface area contributed by atoms with Gasteiger partial charge in [0.1, 0.15) is 5.82 Å². The number of aryl methyl sites for hydroxylation is 2. The molecule has 20 heavy (non-hydrogen) atoms. The normalized spacial score (nSPS) is 40.2. The Kier molecular flexibility index (Phi) is 2.95. The van der Waals surface area contributed by atoms with Gasteiger partial charge in [-0.1, -0.05) is 0 Å². The number of nitrogens with two attached hydrogens (primary N) is 1. The lowest BCUT2D eigenvalue weighted by molar-refractivity contribution is -0.0466. The predicted molar refractivity (Wildman–Crippen MR) is 80.3 cm³/mol. The lowest BCUT2D eigenvalue weighted by Crippen LogP contribution is -2.52. The Hall–Kier alpha value is -0.830. The molecule has 1 aromatic heterocycles. The maximum absolute atomic E-state index is 6.63. The van der Waals surface area contributed by atoms with Gasteiger partial charge < -0.3 is 10.7 Å². The summed E-state index contributed by atoms with van der Waals surface area (Å²) in [5.41, 5.74) is 8.94. The summed E-state index contributed by atoms with van der Waals surface area (Å²) in [6.07, 6.45) is 8.29. The van der Waals surface area contributed by atoms with E-state index in [1.54, 1.807) is 0 Å². The van der Waals surface area contributed by atoms with Crippen molar-refractivity contribution in [2.24, 2.45) is 35.3 Å². The van der Waals surface area contributed by atoms with E-state index in [0.717, 1.165) is 47.5 Å². The van der Waals surface area contributed by atoms with Crippen LogP contribution in [0.3, 0.4) is 0 Å². The number of nitrogens with zero attached hydrogens (tertiary/aromatic N) is 1. The molecular weight excluding hydrogens is 246 g/mol. The Morgan fingerprint density at radius 3 is 2.20 bits per heavy atom. The molecular formula is C17H27N3. The second kappa shape index (κ2) is 4.59. The molecule has 4 saturated carbocycles. The topological polar surface area (TPSA) is 54.7 Å². The molecule has 1 heterocycles. The van der Waals surface area contributed by atoms with E-state index in [-0.39, 0.29) is 0 Å². The fourth-order valence-electron chi connectivity index (χ4n) is 5.74. The van der Waals surface area contributed by atoms with Gasteiger partial charge in [-0.25, -0.2) is 4.98 Å². The third-order valence-corrected chi connectivity index (χ3v) is 6.40. The number of imidazole rings is 1. The third kappa shape index (κ3) is 2.02. The van der Waals surface area contributed by atoms with Crippen LogP contribution in [0.2, 0.25) is 0 Å². The van der Waals surface area contributed by atoms with Gasteiger partial charge in [0, 0.05) is 18.2 Å². The van der Waals surface area contributed by atoms with Gasteiger partial charge in [-0.2, -0.15) is 0 Å². The minimum Gasteiger partial charge on any atom is -0.346 e. The van der Waals surface area contributed by atoms with Gasteiger partial charge in [0.15, 0.2) is 0 Å². The van der Waals surface area contributed by atoms with Crippen LogP contribution >= 0.6 is 0 Å². The fraction of sp³-hybridized carbons (Fsp3) is 0.824. The highest BCUT2D eigenvalue weighted by Crippen LogP contribution is 2.57. The highest BCUT2D eigenvalue weighted by Gasteiger charge is 2.49. The van der Waals surface area contributed by atoms with Crippen LogP contribution in [0.25, 0.3) is 0 Å². The monoisotopic (exact) mass is 273 g/mol. The van der Waals surface area contributed by atoms with Crippen LogP contribution in [0.5, 0.6) is 0 Å². The van der Waals surface area contributed by atoms with Crippen LogP contribution in [-0.4, -0.2) is 16.0 Å². The second-order valence-electron chi connectivity index (χ2n) is 7.77. The van der Waals surface area contributed by atoms with E-state index < -0.39 is 0 Å². The quantitative estimate of drug-likeness (QED) is 0.889. The molecule has 3 heteroatoms. The van der Waals surface area contributed by atoms with Crippen LogP contribution in [0.15, 0.2) is 0 Å². The molecule has 4 fully saturated rings. The molecule has 1 aromatic rings. The van der Waals surface area contributed by atoms with Crippen LogP contribution in [0, 0.1) is 43.4 Å². The number of aromatic nitrogens is 2. The SMILES string of the molecule is Cc1nc(CC(N)C2C3CC4CC(C3)CC2C4)[nH]c1C.